The Balaban J connectivity index is 2.75. The molecule has 1 aromatic rings. The van der Waals surface area contributed by atoms with Gasteiger partial charge in [-0.05, 0) is 66.9 Å². The Labute approximate surface area is 166 Å². The summed E-state index contributed by atoms with van der Waals surface area (Å²) in [5.41, 5.74) is -2.32. The van der Waals surface area contributed by atoms with Crippen molar-refractivity contribution >= 4 is 23.5 Å². The van der Waals surface area contributed by atoms with Crippen molar-refractivity contribution in [2.75, 3.05) is 0 Å². The van der Waals surface area contributed by atoms with E-state index in [1.54, 1.807) is 45.0 Å². The molecule has 0 aliphatic heterocycles. The van der Waals surface area contributed by atoms with Crippen molar-refractivity contribution in [2.24, 2.45) is 0 Å². The first-order chi connectivity index (χ1) is 12.3. The highest BCUT2D eigenvalue weighted by molar-refractivity contribution is 6.31. The molecule has 1 aromatic carbocycles. The summed E-state index contributed by atoms with van der Waals surface area (Å²) in [6, 6.07) is 7.01. The molecule has 5 nitrogen and oxygen atoms in total. The molecule has 0 unspecified atom stereocenters. The van der Waals surface area contributed by atoms with E-state index in [1.165, 1.54) is 4.90 Å². The van der Waals surface area contributed by atoms with Crippen LogP contribution in [0.15, 0.2) is 24.3 Å². The minimum atomic E-state index is -1.38. The molecule has 2 atom stereocenters. The lowest BCUT2D eigenvalue weighted by Gasteiger charge is -2.52. The second-order valence-corrected chi connectivity index (χ2v) is 9.51. The maximum absolute atomic E-state index is 13.4. The summed E-state index contributed by atoms with van der Waals surface area (Å²) in [7, 11) is 0. The lowest BCUT2D eigenvalue weighted by molar-refractivity contribution is -0.150. The molecule has 1 amide bonds. The summed E-state index contributed by atoms with van der Waals surface area (Å²) in [6.45, 7) is 10.9. The molecule has 0 heterocycles. The highest BCUT2D eigenvalue weighted by atomic mass is 35.5. The fourth-order valence-corrected chi connectivity index (χ4v) is 4.09. The van der Waals surface area contributed by atoms with Crippen molar-refractivity contribution < 1.29 is 19.4 Å². The zero-order valence-electron chi connectivity index (χ0n) is 17.0. The first kappa shape index (κ1) is 21.7. The number of hydrogen-bond donors (Lipinski definition) is 1. The van der Waals surface area contributed by atoms with Crippen molar-refractivity contribution in [1.82, 2.24) is 4.90 Å². The molecule has 2 rings (SSSR count). The van der Waals surface area contributed by atoms with Crippen LogP contribution in [0, 0.1) is 0 Å². The number of carbonyl (C=O) groups is 2. The van der Waals surface area contributed by atoms with Crippen molar-refractivity contribution in [3.05, 3.63) is 34.9 Å². The van der Waals surface area contributed by atoms with Gasteiger partial charge < -0.3 is 9.84 Å². The topological polar surface area (TPSA) is 66.8 Å². The summed E-state index contributed by atoms with van der Waals surface area (Å²) in [5.74, 6) is -0.414. The van der Waals surface area contributed by atoms with Gasteiger partial charge in [0.25, 0.3) is 0 Å². The second-order valence-electron chi connectivity index (χ2n) is 9.10. The molecular weight excluding hydrogens is 366 g/mol. The fourth-order valence-electron chi connectivity index (χ4n) is 3.80. The maximum Gasteiger partial charge on any atom is 0.411 e. The zero-order chi connectivity index (χ0) is 20.6. The first-order valence-corrected chi connectivity index (χ1v) is 9.69. The number of nitrogens with zero attached hydrogens (tertiary/aromatic N) is 1. The highest BCUT2D eigenvalue weighted by Crippen LogP contribution is 2.46. The molecule has 1 N–H and O–H groups in total. The van der Waals surface area contributed by atoms with E-state index in [4.69, 9.17) is 16.3 Å². The second kappa shape index (κ2) is 7.44. The lowest BCUT2D eigenvalue weighted by atomic mass is 9.71. The molecule has 1 aliphatic rings. The monoisotopic (exact) mass is 395 g/mol. The Kier molecular flexibility index (Phi) is 5.98. The zero-order valence-corrected chi connectivity index (χ0v) is 17.8. The van der Waals surface area contributed by atoms with E-state index in [0.717, 1.165) is 0 Å². The summed E-state index contributed by atoms with van der Waals surface area (Å²) >= 11 is 6.48. The third kappa shape index (κ3) is 4.30. The van der Waals surface area contributed by atoms with Crippen LogP contribution in [-0.4, -0.2) is 39.1 Å². The van der Waals surface area contributed by atoms with E-state index in [2.05, 4.69) is 0 Å². The molecule has 0 bridgehead atoms. The molecule has 1 fully saturated rings. The normalized spacial score (nSPS) is 23.9. The number of ketones is 1. The minimum Gasteiger partial charge on any atom is -0.444 e. The Hall–Kier alpha value is -1.59. The number of halogens is 1. The molecule has 27 heavy (non-hydrogen) atoms. The summed E-state index contributed by atoms with van der Waals surface area (Å²) in [5, 5.41) is 10.8. The van der Waals surface area contributed by atoms with Gasteiger partial charge in [-0.25, -0.2) is 4.79 Å². The Morgan fingerprint density at radius 3 is 2.33 bits per heavy atom. The van der Waals surface area contributed by atoms with Gasteiger partial charge in [0.05, 0.1) is 0 Å². The average molecular weight is 396 g/mol. The summed E-state index contributed by atoms with van der Waals surface area (Å²) < 4.78 is 5.66. The number of ether oxygens (including phenoxy) is 1. The Morgan fingerprint density at radius 2 is 1.81 bits per heavy atom. The van der Waals surface area contributed by atoms with Gasteiger partial charge in [-0.3, -0.25) is 9.69 Å². The third-order valence-corrected chi connectivity index (χ3v) is 5.00. The number of carbonyl (C=O) groups excluding carboxylic acids is 2. The van der Waals surface area contributed by atoms with Crippen molar-refractivity contribution in [2.45, 2.75) is 83.6 Å². The fraction of sp³-hybridized carbons (Fsp3) is 0.619. The van der Waals surface area contributed by atoms with Crippen LogP contribution in [0.25, 0.3) is 0 Å². The first-order valence-electron chi connectivity index (χ1n) is 9.31. The van der Waals surface area contributed by atoms with E-state index in [9.17, 15) is 14.7 Å². The van der Waals surface area contributed by atoms with Gasteiger partial charge in [0.1, 0.15) is 17.2 Å². The Bertz CT molecular complexity index is 720. The number of benzene rings is 1. The predicted molar refractivity (Wildman–Crippen MR) is 106 cm³/mol. The lowest BCUT2D eigenvalue weighted by Crippen LogP contribution is -2.65. The van der Waals surface area contributed by atoms with Crippen LogP contribution in [0.1, 0.15) is 66.4 Å². The number of amides is 1. The van der Waals surface area contributed by atoms with Crippen molar-refractivity contribution in [1.29, 1.82) is 0 Å². The summed E-state index contributed by atoms with van der Waals surface area (Å²) in [6.07, 6.45) is -0.409. The molecule has 0 spiro atoms. The highest BCUT2D eigenvalue weighted by Gasteiger charge is 2.56. The van der Waals surface area contributed by atoms with Crippen molar-refractivity contribution in [3.8, 4) is 0 Å². The Morgan fingerprint density at radius 1 is 1.22 bits per heavy atom. The van der Waals surface area contributed by atoms with E-state index in [0.29, 0.717) is 29.8 Å². The van der Waals surface area contributed by atoms with Gasteiger partial charge in [0, 0.05) is 16.1 Å². The van der Waals surface area contributed by atoms with Crippen LogP contribution in [0.2, 0.25) is 5.02 Å². The van der Waals surface area contributed by atoms with E-state index in [-0.39, 0.29) is 0 Å². The van der Waals surface area contributed by atoms with Gasteiger partial charge in [-0.2, -0.15) is 0 Å². The summed E-state index contributed by atoms with van der Waals surface area (Å²) in [4.78, 5) is 28.1. The van der Waals surface area contributed by atoms with Gasteiger partial charge in [-0.15, -0.1) is 0 Å². The van der Waals surface area contributed by atoms with Crippen LogP contribution in [0.4, 0.5) is 4.79 Å². The van der Waals surface area contributed by atoms with Crippen LogP contribution >= 0.6 is 11.6 Å². The van der Waals surface area contributed by atoms with Crippen LogP contribution in [0.5, 0.6) is 0 Å². The molecule has 1 saturated carbocycles. The number of aliphatic hydroxyl groups excluding tert-OH is 1. The largest absolute Gasteiger partial charge is 0.444 e. The minimum absolute atomic E-state index is 0.372. The predicted octanol–water partition coefficient (Wildman–Crippen LogP) is 4.68. The maximum atomic E-state index is 13.4. The van der Waals surface area contributed by atoms with Crippen LogP contribution < -0.4 is 0 Å². The molecule has 150 valence electrons. The SMILES string of the molecule is CC(C)(C)OC(=O)N(C(C)(C)C)[C@]1(c2ccccc2Cl)CCC[C@H](O)C1=O. The number of hydrogen-bond acceptors (Lipinski definition) is 4. The van der Waals surface area contributed by atoms with Crippen LogP contribution in [-0.2, 0) is 15.1 Å². The molecule has 1 aliphatic carbocycles. The molecule has 0 aromatic heterocycles. The van der Waals surface area contributed by atoms with Gasteiger partial charge >= 0.3 is 6.09 Å². The molecule has 0 radical (unpaired) electrons. The molecular formula is C21H30ClNO4. The van der Waals surface area contributed by atoms with E-state index < -0.39 is 34.7 Å². The van der Waals surface area contributed by atoms with E-state index in [1.807, 2.05) is 20.8 Å². The standard InChI is InChI=1S/C21H30ClNO4/c1-19(2,3)23(18(26)27-20(4,5)6)21(13-9-12-16(24)17(21)25)14-10-7-8-11-15(14)22/h7-8,10-11,16,24H,9,12-13H2,1-6H3/t16-,21-/m0/s1. The van der Waals surface area contributed by atoms with Crippen LogP contribution in [0.3, 0.4) is 0 Å². The quantitative estimate of drug-likeness (QED) is 0.789. The third-order valence-electron chi connectivity index (χ3n) is 4.67. The van der Waals surface area contributed by atoms with Gasteiger partial charge in [-0.1, -0.05) is 29.8 Å². The molecule has 0 saturated heterocycles. The van der Waals surface area contributed by atoms with Gasteiger partial charge in [0.15, 0.2) is 5.78 Å². The van der Waals surface area contributed by atoms with Gasteiger partial charge in [0.2, 0.25) is 0 Å². The smallest absolute Gasteiger partial charge is 0.411 e. The van der Waals surface area contributed by atoms with Crippen molar-refractivity contribution in [3.63, 3.8) is 0 Å². The number of Topliss-reactive ketones (excluding diaryl/α,β-unsaturated/α-hetero) is 1. The molecule has 6 heteroatoms. The van der Waals surface area contributed by atoms with E-state index >= 15 is 0 Å². The number of aliphatic hydroxyl groups is 1. The number of rotatable bonds is 2. The average Bonchev–Trinajstić information content (AvgIpc) is 2.49.